The molecular weight excluding hydrogens is 380 g/mol. The van der Waals surface area contributed by atoms with Crippen molar-refractivity contribution in [1.29, 1.82) is 0 Å². The smallest absolute Gasteiger partial charge is 0.262 e. The summed E-state index contributed by atoms with van der Waals surface area (Å²) in [5.41, 5.74) is 3.04. The summed E-state index contributed by atoms with van der Waals surface area (Å²) in [6, 6.07) is 8.83. The second-order valence-corrected chi connectivity index (χ2v) is 7.18. The van der Waals surface area contributed by atoms with Gasteiger partial charge in [-0.05, 0) is 55.7 Å². The molecule has 0 spiro atoms. The summed E-state index contributed by atoms with van der Waals surface area (Å²) in [6.07, 6.45) is 1.38. The van der Waals surface area contributed by atoms with E-state index in [4.69, 9.17) is 21.1 Å². The topological polar surface area (TPSA) is 67.9 Å². The Morgan fingerprint density at radius 1 is 1.21 bits per heavy atom. The number of benzene rings is 2. The maximum Gasteiger partial charge on any atom is 0.262 e. The number of halogens is 1. The Hall–Kier alpha value is -2.73. The van der Waals surface area contributed by atoms with Crippen LogP contribution in [-0.2, 0) is 9.59 Å². The number of carbonyl (C=O) groups is 2. The molecular formula is C21H23ClN2O4. The lowest BCUT2D eigenvalue weighted by atomic mass is 10.1. The molecule has 1 heterocycles. The van der Waals surface area contributed by atoms with Crippen LogP contribution in [0.3, 0.4) is 0 Å². The average molecular weight is 403 g/mol. The largest absolute Gasteiger partial charge is 0.494 e. The van der Waals surface area contributed by atoms with Crippen molar-refractivity contribution in [3.63, 3.8) is 0 Å². The number of hydrogen-bond donors (Lipinski definition) is 1. The van der Waals surface area contributed by atoms with Crippen LogP contribution in [0.15, 0.2) is 30.3 Å². The molecule has 1 fully saturated rings. The van der Waals surface area contributed by atoms with Gasteiger partial charge in [0.2, 0.25) is 5.91 Å². The first-order valence-corrected chi connectivity index (χ1v) is 9.44. The van der Waals surface area contributed by atoms with Crippen molar-refractivity contribution in [2.24, 2.45) is 0 Å². The number of rotatable bonds is 6. The lowest BCUT2D eigenvalue weighted by Gasteiger charge is -2.19. The zero-order valence-corrected chi connectivity index (χ0v) is 16.9. The Balaban J connectivity index is 1.66. The van der Waals surface area contributed by atoms with Crippen molar-refractivity contribution in [3.8, 4) is 11.5 Å². The molecule has 0 atom stereocenters. The van der Waals surface area contributed by atoms with E-state index in [1.54, 1.807) is 42.3 Å². The van der Waals surface area contributed by atoms with Gasteiger partial charge in [0.15, 0.2) is 6.61 Å². The van der Waals surface area contributed by atoms with Gasteiger partial charge in [0.1, 0.15) is 11.5 Å². The van der Waals surface area contributed by atoms with Gasteiger partial charge in [0, 0.05) is 29.7 Å². The number of ether oxygens (including phenoxy) is 2. The van der Waals surface area contributed by atoms with E-state index < -0.39 is 0 Å². The van der Waals surface area contributed by atoms with E-state index >= 15 is 0 Å². The molecule has 0 radical (unpaired) electrons. The van der Waals surface area contributed by atoms with Gasteiger partial charge in [-0.3, -0.25) is 9.59 Å². The highest BCUT2D eigenvalue weighted by Gasteiger charge is 2.24. The molecule has 2 amide bonds. The number of methoxy groups -OCH3 is 1. The van der Waals surface area contributed by atoms with Gasteiger partial charge < -0.3 is 19.7 Å². The normalized spacial score (nSPS) is 13.6. The van der Waals surface area contributed by atoms with Crippen molar-refractivity contribution in [2.45, 2.75) is 26.7 Å². The lowest BCUT2D eigenvalue weighted by Crippen LogP contribution is -2.24. The van der Waals surface area contributed by atoms with Crippen molar-refractivity contribution in [2.75, 3.05) is 30.5 Å². The predicted molar refractivity (Wildman–Crippen MR) is 110 cm³/mol. The van der Waals surface area contributed by atoms with Crippen molar-refractivity contribution in [3.05, 3.63) is 46.5 Å². The Kier molecular flexibility index (Phi) is 6.09. The van der Waals surface area contributed by atoms with Gasteiger partial charge in [-0.15, -0.1) is 0 Å². The Morgan fingerprint density at radius 3 is 2.54 bits per heavy atom. The maximum atomic E-state index is 12.3. The molecule has 0 bridgehead atoms. The highest BCUT2D eigenvalue weighted by molar-refractivity contribution is 6.30. The molecule has 0 saturated carbocycles. The second kappa shape index (κ2) is 8.52. The highest BCUT2D eigenvalue weighted by atomic mass is 35.5. The van der Waals surface area contributed by atoms with Crippen LogP contribution < -0.4 is 19.7 Å². The summed E-state index contributed by atoms with van der Waals surface area (Å²) in [4.78, 5) is 26.0. The van der Waals surface area contributed by atoms with Gasteiger partial charge in [0.25, 0.3) is 5.91 Å². The monoisotopic (exact) mass is 402 g/mol. The molecule has 3 rings (SSSR count). The van der Waals surface area contributed by atoms with E-state index in [1.165, 1.54) is 0 Å². The molecule has 0 aromatic heterocycles. The summed E-state index contributed by atoms with van der Waals surface area (Å²) < 4.78 is 11.1. The molecule has 7 heteroatoms. The van der Waals surface area contributed by atoms with E-state index in [-0.39, 0.29) is 18.4 Å². The number of anilines is 2. The number of amides is 2. The van der Waals surface area contributed by atoms with E-state index in [1.807, 2.05) is 13.8 Å². The molecule has 0 aliphatic carbocycles. The van der Waals surface area contributed by atoms with Crippen LogP contribution in [-0.4, -0.2) is 32.1 Å². The fourth-order valence-electron chi connectivity index (χ4n) is 3.34. The SMILES string of the molecule is COc1cc(NC(=O)COc2c(C)cc(Cl)cc2C)ccc1N1CCCC1=O. The molecule has 28 heavy (non-hydrogen) atoms. The zero-order valence-electron chi connectivity index (χ0n) is 16.2. The standard InChI is InChI=1S/C21H23ClN2O4/c1-13-9-15(22)10-14(2)21(13)28-12-19(25)23-16-6-7-17(18(11-16)27-3)24-8-4-5-20(24)26/h6-7,9-11H,4-5,8,12H2,1-3H3,(H,23,25). The van der Waals surface area contributed by atoms with Crippen molar-refractivity contribution >= 4 is 34.8 Å². The van der Waals surface area contributed by atoms with Crippen LogP contribution in [0.4, 0.5) is 11.4 Å². The minimum absolute atomic E-state index is 0.0807. The van der Waals surface area contributed by atoms with Crippen LogP contribution in [0.1, 0.15) is 24.0 Å². The predicted octanol–water partition coefficient (Wildman–Crippen LogP) is 4.11. The fourth-order valence-corrected chi connectivity index (χ4v) is 3.67. The van der Waals surface area contributed by atoms with E-state index in [0.717, 1.165) is 17.5 Å². The molecule has 1 aliphatic rings. The van der Waals surface area contributed by atoms with Gasteiger partial charge in [-0.2, -0.15) is 0 Å². The Morgan fingerprint density at radius 2 is 1.93 bits per heavy atom. The van der Waals surface area contributed by atoms with Crippen molar-refractivity contribution in [1.82, 2.24) is 0 Å². The number of carbonyl (C=O) groups excluding carboxylic acids is 2. The minimum atomic E-state index is -0.291. The average Bonchev–Trinajstić information content (AvgIpc) is 3.06. The molecule has 1 aliphatic heterocycles. The van der Waals surface area contributed by atoms with E-state index in [0.29, 0.717) is 40.9 Å². The third-order valence-electron chi connectivity index (χ3n) is 4.60. The zero-order chi connectivity index (χ0) is 20.3. The van der Waals surface area contributed by atoms with Gasteiger partial charge in [-0.25, -0.2) is 0 Å². The molecule has 2 aromatic rings. The van der Waals surface area contributed by atoms with Crippen LogP contribution in [0, 0.1) is 13.8 Å². The maximum absolute atomic E-state index is 12.3. The molecule has 1 saturated heterocycles. The summed E-state index contributed by atoms with van der Waals surface area (Å²) >= 11 is 6.02. The van der Waals surface area contributed by atoms with Gasteiger partial charge in [0.05, 0.1) is 12.8 Å². The number of hydrogen-bond acceptors (Lipinski definition) is 4. The Labute approximate surface area is 169 Å². The van der Waals surface area contributed by atoms with E-state index in [2.05, 4.69) is 5.32 Å². The summed E-state index contributed by atoms with van der Waals surface area (Å²) in [5.74, 6) is 0.983. The third-order valence-corrected chi connectivity index (χ3v) is 4.82. The van der Waals surface area contributed by atoms with Gasteiger partial charge in [-0.1, -0.05) is 11.6 Å². The summed E-state index contributed by atoms with van der Waals surface area (Å²) in [6.45, 7) is 4.32. The Bertz CT molecular complexity index is 890. The van der Waals surface area contributed by atoms with Crippen LogP contribution in [0.5, 0.6) is 11.5 Å². The first kappa shape index (κ1) is 20.0. The van der Waals surface area contributed by atoms with Crippen LogP contribution >= 0.6 is 11.6 Å². The number of nitrogens with one attached hydrogen (secondary N) is 1. The third kappa shape index (κ3) is 4.39. The fraction of sp³-hybridized carbons (Fsp3) is 0.333. The molecule has 0 unspecified atom stereocenters. The second-order valence-electron chi connectivity index (χ2n) is 6.74. The number of aryl methyl sites for hydroxylation is 2. The number of nitrogens with zero attached hydrogens (tertiary/aromatic N) is 1. The first-order valence-electron chi connectivity index (χ1n) is 9.07. The summed E-state index contributed by atoms with van der Waals surface area (Å²) in [7, 11) is 1.54. The van der Waals surface area contributed by atoms with Crippen molar-refractivity contribution < 1.29 is 19.1 Å². The quantitative estimate of drug-likeness (QED) is 0.789. The van der Waals surface area contributed by atoms with Gasteiger partial charge >= 0.3 is 0 Å². The van der Waals surface area contributed by atoms with E-state index in [9.17, 15) is 9.59 Å². The van der Waals surface area contributed by atoms with Crippen LogP contribution in [0.2, 0.25) is 5.02 Å². The molecule has 2 aromatic carbocycles. The summed E-state index contributed by atoms with van der Waals surface area (Å²) in [5, 5.41) is 3.43. The first-order chi connectivity index (χ1) is 13.4. The minimum Gasteiger partial charge on any atom is -0.494 e. The van der Waals surface area contributed by atoms with Crippen LogP contribution in [0.25, 0.3) is 0 Å². The molecule has 6 nitrogen and oxygen atoms in total. The highest BCUT2D eigenvalue weighted by Crippen LogP contribution is 2.34. The molecule has 1 N–H and O–H groups in total. The lowest BCUT2D eigenvalue weighted by molar-refractivity contribution is -0.118. The molecule has 148 valence electrons.